The normalized spacial score (nSPS) is 11.2. The standard InChI is InChI=1S/C25H21FN2O4S/c1-17-10-12-20(15-24(17)33(30,31)28-23-9-5-4-8-22(23)26)27-25(29)16-32-21-13-11-18-6-2-3-7-19(18)14-21/h2-15,28H,16H2,1H3,(H,27,29). The molecular formula is C25H21FN2O4S. The van der Waals surface area contributed by atoms with E-state index in [2.05, 4.69) is 10.0 Å². The number of rotatable bonds is 7. The minimum atomic E-state index is -4.07. The zero-order valence-electron chi connectivity index (χ0n) is 17.7. The van der Waals surface area contributed by atoms with Crippen LogP contribution in [0, 0.1) is 12.7 Å². The van der Waals surface area contributed by atoms with Crippen molar-refractivity contribution in [1.82, 2.24) is 0 Å². The van der Waals surface area contributed by atoms with Gasteiger partial charge in [0.1, 0.15) is 11.6 Å². The van der Waals surface area contributed by atoms with Gasteiger partial charge in [0.15, 0.2) is 6.61 Å². The van der Waals surface area contributed by atoms with E-state index in [1.54, 1.807) is 25.1 Å². The van der Waals surface area contributed by atoms with Crippen LogP contribution in [-0.4, -0.2) is 20.9 Å². The molecule has 0 fully saturated rings. The van der Waals surface area contributed by atoms with E-state index in [1.165, 1.54) is 24.3 Å². The highest BCUT2D eigenvalue weighted by molar-refractivity contribution is 7.92. The summed E-state index contributed by atoms with van der Waals surface area (Å²) in [6, 6.07) is 23.3. The van der Waals surface area contributed by atoms with Crippen LogP contribution < -0.4 is 14.8 Å². The Labute approximate surface area is 191 Å². The minimum Gasteiger partial charge on any atom is -0.484 e. The molecule has 0 heterocycles. The molecule has 2 N–H and O–H groups in total. The van der Waals surface area contributed by atoms with Gasteiger partial charge in [-0.2, -0.15) is 0 Å². The fourth-order valence-electron chi connectivity index (χ4n) is 3.31. The average Bonchev–Trinajstić information content (AvgIpc) is 2.80. The van der Waals surface area contributed by atoms with Crippen molar-refractivity contribution in [3.05, 3.63) is 96.3 Å². The summed E-state index contributed by atoms with van der Waals surface area (Å²) in [7, 11) is -4.07. The van der Waals surface area contributed by atoms with Gasteiger partial charge in [0.2, 0.25) is 0 Å². The van der Waals surface area contributed by atoms with Crippen molar-refractivity contribution in [3.63, 3.8) is 0 Å². The van der Waals surface area contributed by atoms with Crippen LogP contribution in [0.5, 0.6) is 5.75 Å². The molecule has 0 unspecified atom stereocenters. The highest BCUT2D eigenvalue weighted by atomic mass is 32.2. The number of nitrogens with one attached hydrogen (secondary N) is 2. The highest BCUT2D eigenvalue weighted by Crippen LogP contribution is 2.24. The molecule has 0 aliphatic heterocycles. The molecule has 4 aromatic carbocycles. The first-order valence-corrected chi connectivity index (χ1v) is 11.6. The Balaban J connectivity index is 1.45. The molecule has 8 heteroatoms. The van der Waals surface area contributed by atoms with E-state index >= 15 is 0 Å². The molecule has 4 aromatic rings. The summed E-state index contributed by atoms with van der Waals surface area (Å²) >= 11 is 0. The van der Waals surface area contributed by atoms with Gasteiger partial charge in [-0.15, -0.1) is 0 Å². The van der Waals surface area contributed by atoms with Gasteiger partial charge in [0, 0.05) is 5.69 Å². The number of para-hydroxylation sites is 1. The van der Waals surface area contributed by atoms with Gasteiger partial charge in [-0.3, -0.25) is 9.52 Å². The van der Waals surface area contributed by atoms with Crippen molar-refractivity contribution >= 4 is 38.1 Å². The van der Waals surface area contributed by atoms with Crippen LogP contribution in [0.15, 0.2) is 89.8 Å². The van der Waals surface area contributed by atoms with Gasteiger partial charge >= 0.3 is 0 Å². The lowest BCUT2D eigenvalue weighted by Gasteiger charge is -2.13. The van der Waals surface area contributed by atoms with E-state index in [9.17, 15) is 17.6 Å². The van der Waals surface area contributed by atoms with E-state index in [0.29, 0.717) is 11.3 Å². The number of hydrogen-bond acceptors (Lipinski definition) is 4. The Bertz CT molecular complexity index is 1440. The quantitative estimate of drug-likeness (QED) is 0.398. The minimum absolute atomic E-state index is 0.0704. The van der Waals surface area contributed by atoms with E-state index < -0.39 is 21.7 Å². The number of amides is 1. The molecule has 1 amide bonds. The second-order valence-corrected chi connectivity index (χ2v) is 9.06. The Morgan fingerprint density at radius 3 is 2.42 bits per heavy atom. The van der Waals surface area contributed by atoms with Crippen molar-refractivity contribution in [2.75, 3.05) is 16.6 Å². The molecular weight excluding hydrogens is 443 g/mol. The number of carbonyl (C=O) groups excluding carboxylic acids is 1. The molecule has 4 rings (SSSR count). The monoisotopic (exact) mass is 464 g/mol. The molecule has 0 spiro atoms. The van der Waals surface area contributed by atoms with Gasteiger partial charge in [-0.25, -0.2) is 12.8 Å². The molecule has 33 heavy (non-hydrogen) atoms. The lowest BCUT2D eigenvalue weighted by Crippen LogP contribution is -2.21. The summed E-state index contributed by atoms with van der Waals surface area (Å²) in [5.74, 6) is -0.587. The molecule has 0 saturated carbocycles. The van der Waals surface area contributed by atoms with E-state index in [0.717, 1.165) is 16.8 Å². The van der Waals surface area contributed by atoms with Crippen LogP contribution in [0.4, 0.5) is 15.8 Å². The number of sulfonamides is 1. The summed E-state index contributed by atoms with van der Waals surface area (Å²) in [5.41, 5.74) is 0.570. The highest BCUT2D eigenvalue weighted by Gasteiger charge is 2.19. The predicted molar refractivity (Wildman–Crippen MR) is 126 cm³/mol. The number of aryl methyl sites for hydroxylation is 1. The van der Waals surface area contributed by atoms with Crippen LogP contribution in [0.1, 0.15) is 5.56 Å². The molecule has 168 valence electrons. The molecule has 0 saturated heterocycles. The lowest BCUT2D eigenvalue weighted by atomic mass is 10.1. The van der Waals surface area contributed by atoms with Crippen LogP contribution in [0.25, 0.3) is 10.8 Å². The molecule has 0 bridgehead atoms. The van der Waals surface area contributed by atoms with Gasteiger partial charge in [0.25, 0.3) is 15.9 Å². The predicted octanol–water partition coefficient (Wildman–Crippen LogP) is 5.11. The third-order valence-corrected chi connectivity index (χ3v) is 6.48. The second-order valence-electron chi connectivity index (χ2n) is 7.41. The van der Waals surface area contributed by atoms with Gasteiger partial charge < -0.3 is 10.1 Å². The summed E-state index contributed by atoms with van der Waals surface area (Å²) < 4.78 is 47.4. The Morgan fingerprint density at radius 1 is 0.909 bits per heavy atom. The van der Waals surface area contributed by atoms with Crippen LogP contribution in [-0.2, 0) is 14.8 Å². The zero-order valence-corrected chi connectivity index (χ0v) is 18.5. The largest absolute Gasteiger partial charge is 0.484 e. The second kappa shape index (κ2) is 9.30. The fourth-order valence-corrected chi connectivity index (χ4v) is 4.65. The van der Waals surface area contributed by atoms with Gasteiger partial charge in [-0.1, -0.05) is 48.5 Å². The van der Waals surface area contributed by atoms with Crippen LogP contribution in [0.2, 0.25) is 0 Å². The van der Waals surface area contributed by atoms with Crippen molar-refractivity contribution in [2.45, 2.75) is 11.8 Å². The van der Waals surface area contributed by atoms with E-state index in [1.807, 2.05) is 36.4 Å². The summed E-state index contributed by atoms with van der Waals surface area (Å²) in [6.07, 6.45) is 0. The van der Waals surface area contributed by atoms with Crippen molar-refractivity contribution in [1.29, 1.82) is 0 Å². The molecule has 0 radical (unpaired) electrons. The Morgan fingerprint density at radius 2 is 1.64 bits per heavy atom. The maximum absolute atomic E-state index is 13.9. The molecule has 0 aliphatic rings. The lowest BCUT2D eigenvalue weighted by molar-refractivity contribution is -0.118. The molecule has 0 atom stereocenters. The van der Waals surface area contributed by atoms with Crippen molar-refractivity contribution in [3.8, 4) is 5.75 Å². The van der Waals surface area contributed by atoms with Crippen molar-refractivity contribution < 1.29 is 22.3 Å². The first-order valence-electron chi connectivity index (χ1n) is 10.1. The summed E-state index contributed by atoms with van der Waals surface area (Å²) in [4.78, 5) is 12.3. The van der Waals surface area contributed by atoms with E-state index in [-0.39, 0.29) is 22.9 Å². The number of ether oxygens (including phenoxy) is 1. The van der Waals surface area contributed by atoms with E-state index in [4.69, 9.17) is 4.74 Å². The third kappa shape index (κ3) is 5.30. The third-order valence-electron chi connectivity index (χ3n) is 4.97. The Kier molecular flexibility index (Phi) is 6.28. The average molecular weight is 465 g/mol. The molecule has 0 aliphatic carbocycles. The first-order chi connectivity index (χ1) is 15.8. The molecule has 0 aromatic heterocycles. The van der Waals surface area contributed by atoms with Crippen LogP contribution in [0.3, 0.4) is 0 Å². The Hall–Kier alpha value is -3.91. The summed E-state index contributed by atoms with van der Waals surface area (Å²) in [6.45, 7) is 1.37. The first kappa shape index (κ1) is 22.3. The number of benzene rings is 4. The fraction of sp³-hybridized carbons (Fsp3) is 0.0800. The maximum atomic E-state index is 13.9. The van der Waals surface area contributed by atoms with Crippen molar-refractivity contribution in [2.24, 2.45) is 0 Å². The number of hydrogen-bond donors (Lipinski definition) is 2. The SMILES string of the molecule is Cc1ccc(NC(=O)COc2ccc3ccccc3c2)cc1S(=O)(=O)Nc1ccccc1F. The number of halogens is 1. The summed E-state index contributed by atoms with van der Waals surface area (Å²) in [5, 5.41) is 4.69. The van der Waals surface area contributed by atoms with Crippen LogP contribution >= 0.6 is 0 Å². The number of fused-ring (bicyclic) bond motifs is 1. The number of anilines is 2. The number of carbonyl (C=O) groups is 1. The zero-order chi connectivity index (χ0) is 23.4. The van der Waals surface area contributed by atoms with Gasteiger partial charge in [-0.05, 0) is 59.7 Å². The topological polar surface area (TPSA) is 84.5 Å². The molecule has 6 nitrogen and oxygen atoms in total. The maximum Gasteiger partial charge on any atom is 0.262 e. The smallest absolute Gasteiger partial charge is 0.262 e. The van der Waals surface area contributed by atoms with Gasteiger partial charge in [0.05, 0.1) is 10.6 Å².